The fourth-order valence-electron chi connectivity index (χ4n) is 4.45. The number of aromatic nitrogens is 5. The summed E-state index contributed by atoms with van der Waals surface area (Å²) in [6.07, 6.45) is 5.30. The first-order chi connectivity index (χ1) is 17.7. The summed E-state index contributed by atoms with van der Waals surface area (Å²) in [5.41, 5.74) is 1.24. The summed E-state index contributed by atoms with van der Waals surface area (Å²) in [5, 5.41) is 12.1. The van der Waals surface area contributed by atoms with Crippen molar-refractivity contribution >= 4 is 34.7 Å². The molecular weight excluding hydrogens is 522 g/mol. The first kappa shape index (κ1) is 24.0. The summed E-state index contributed by atoms with van der Waals surface area (Å²) in [6.45, 7) is 0.357. The topological polar surface area (TPSA) is 93.4 Å². The molecule has 2 aliphatic heterocycles. The van der Waals surface area contributed by atoms with Gasteiger partial charge in [-0.05, 0) is 6.07 Å². The second-order valence-corrected chi connectivity index (χ2v) is 10.8. The average Bonchev–Trinajstić information content (AvgIpc) is 3.61. The smallest absolute Gasteiger partial charge is 0.184 e. The molecule has 0 saturated carbocycles. The second-order valence-electron chi connectivity index (χ2n) is 8.29. The normalized spacial score (nSPS) is 28.1. The molecule has 12 heteroatoms. The van der Waals surface area contributed by atoms with E-state index in [1.165, 1.54) is 23.1 Å². The number of rotatable bonds is 6. The number of ether oxygens (including phenoxy) is 4. The first-order valence-electron chi connectivity index (χ1n) is 11.3. The first-order valence-corrected chi connectivity index (χ1v) is 13.4. The van der Waals surface area contributed by atoms with Crippen molar-refractivity contribution in [3.8, 4) is 10.7 Å². The minimum Gasteiger partial charge on any atom is -0.375 e. The highest BCUT2D eigenvalue weighted by Gasteiger charge is 2.52. The number of hydrogen-bond acceptors (Lipinski definition) is 10. The predicted octanol–water partition coefficient (Wildman–Crippen LogP) is 4.64. The zero-order chi connectivity index (χ0) is 24.5. The molecule has 2 saturated heterocycles. The third-order valence-corrected chi connectivity index (χ3v) is 8.16. The van der Waals surface area contributed by atoms with Crippen molar-refractivity contribution in [2.45, 2.75) is 41.0 Å². The van der Waals surface area contributed by atoms with Crippen LogP contribution in [0.5, 0.6) is 0 Å². The number of fused-ring (bicyclic) bond motifs is 1. The molecular formula is C24H22ClN5O4S2. The monoisotopic (exact) mass is 543 g/mol. The van der Waals surface area contributed by atoms with Gasteiger partial charge in [-0.25, -0.2) is 9.67 Å². The van der Waals surface area contributed by atoms with E-state index in [4.69, 9.17) is 30.5 Å². The van der Waals surface area contributed by atoms with Crippen LogP contribution >= 0.6 is 34.7 Å². The second kappa shape index (κ2) is 10.5. The van der Waals surface area contributed by atoms with Gasteiger partial charge in [0.2, 0.25) is 0 Å². The van der Waals surface area contributed by atoms with Gasteiger partial charge in [-0.15, -0.1) is 16.4 Å². The van der Waals surface area contributed by atoms with Gasteiger partial charge in [0, 0.05) is 41.5 Å². The van der Waals surface area contributed by atoms with Crippen molar-refractivity contribution in [1.82, 2.24) is 25.0 Å². The Kier molecular flexibility index (Phi) is 7.02. The summed E-state index contributed by atoms with van der Waals surface area (Å²) >= 11 is 9.18. The molecule has 0 aliphatic carbocycles. The Bertz CT molecular complexity index is 1290. The minimum atomic E-state index is -0.528. The van der Waals surface area contributed by atoms with Crippen molar-refractivity contribution in [2.24, 2.45) is 0 Å². The van der Waals surface area contributed by atoms with Gasteiger partial charge in [0.15, 0.2) is 6.29 Å². The van der Waals surface area contributed by atoms with Crippen molar-refractivity contribution in [1.29, 1.82) is 0 Å². The molecule has 0 N–H and O–H groups in total. The molecule has 36 heavy (non-hydrogen) atoms. The molecule has 6 atom stereocenters. The van der Waals surface area contributed by atoms with E-state index in [0.717, 1.165) is 15.5 Å². The lowest BCUT2D eigenvalue weighted by Crippen LogP contribution is -2.59. The van der Waals surface area contributed by atoms with Crippen LogP contribution in [0.1, 0.15) is 17.9 Å². The Hall–Kier alpha value is -2.38. The van der Waals surface area contributed by atoms with E-state index in [1.807, 2.05) is 52.7 Å². The largest absolute Gasteiger partial charge is 0.375 e. The zero-order valence-corrected chi connectivity index (χ0v) is 21.5. The van der Waals surface area contributed by atoms with Gasteiger partial charge in [0.25, 0.3) is 0 Å². The number of benzene rings is 1. The molecule has 0 bridgehead atoms. The Morgan fingerprint density at radius 2 is 2.08 bits per heavy atom. The van der Waals surface area contributed by atoms with Gasteiger partial charge in [0.05, 0.1) is 17.8 Å². The van der Waals surface area contributed by atoms with E-state index in [2.05, 4.69) is 20.3 Å². The number of methoxy groups -OCH3 is 1. The summed E-state index contributed by atoms with van der Waals surface area (Å²) in [4.78, 5) is 9.44. The summed E-state index contributed by atoms with van der Waals surface area (Å²) in [6, 6.07) is 11.4. The maximum absolute atomic E-state index is 6.52. The number of nitrogens with zero attached hydrogens (tertiary/aromatic N) is 5. The maximum Gasteiger partial charge on any atom is 0.184 e. The van der Waals surface area contributed by atoms with Crippen LogP contribution in [0.15, 0.2) is 71.5 Å². The highest BCUT2D eigenvalue weighted by molar-refractivity contribution is 7.99. The predicted molar refractivity (Wildman–Crippen MR) is 135 cm³/mol. The van der Waals surface area contributed by atoms with Crippen LogP contribution in [0.4, 0.5) is 0 Å². The number of hydrogen-bond donors (Lipinski definition) is 0. The molecule has 4 unspecified atom stereocenters. The molecule has 2 aliphatic rings. The van der Waals surface area contributed by atoms with Crippen LogP contribution in [0.2, 0.25) is 5.02 Å². The summed E-state index contributed by atoms with van der Waals surface area (Å²) in [5.74, 6) is 0. The SMILES string of the molecule is COC1C(n2cc(-c3nccs3)nn2)[C@H]2OC(c3ccccc3)OCC2O[C@@H]1Sc1cncc(Cl)c1. The number of thiazole rings is 1. The third kappa shape index (κ3) is 4.80. The molecule has 6 rings (SSSR count). The van der Waals surface area contributed by atoms with Crippen LogP contribution in [-0.4, -0.2) is 62.4 Å². The standard InChI is InChI=1S/C24H22ClN5O4S2/c1-31-21-19(30-12-17(28-29-30)22-27-7-8-35-22)20-18(13-32-23(34-20)14-5-3-2-4-6-14)33-24(21)36-16-9-15(25)10-26-11-16/h2-12,18-21,23-24H,13H2,1H3/t18?,19?,20-,21?,23?,24+/m0/s1. The summed E-state index contributed by atoms with van der Waals surface area (Å²) in [7, 11) is 1.66. The van der Waals surface area contributed by atoms with Crippen LogP contribution in [-0.2, 0) is 18.9 Å². The van der Waals surface area contributed by atoms with E-state index in [1.54, 1.807) is 25.7 Å². The molecule has 5 heterocycles. The number of halogens is 1. The zero-order valence-electron chi connectivity index (χ0n) is 19.1. The van der Waals surface area contributed by atoms with Crippen molar-refractivity contribution < 1.29 is 18.9 Å². The molecule has 3 aromatic heterocycles. The fraction of sp³-hybridized carbons (Fsp3) is 0.333. The van der Waals surface area contributed by atoms with Crippen LogP contribution in [0.25, 0.3) is 10.7 Å². The van der Waals surface area contributed by atoms with Crippen LogP contribution < -0.4 is 0 Å². The Balaban J connectivity index is 1.35. The average molecular weight is 544 g/mol. The van der Waals surface area contributed by atoms with E-state index >= 15 is 0 Å². The van der Waals surface area contributed by atoms with Crippen molar-refractivity contribution in [3.05, 3.63) is 77.2 Å². The molecule has 0 amide bonds. The Morgan fingerprint density at radius 3 is 2.86 bits per heavy atom. The minimum absolute atomic E-state index is 0.338. The fourth-order valence-corrected chi connectivity index (χ4v) is 6.47. The van der Waals surface area contributed by atoms with Gasteiger partial charge in [-0.2, -0.15) is 0 Å². The van der Waals surface area contributed by atoms with E-state index in [0.29, 0.717) is 17.3 Å². The molecule has 9 nitrogen and oxygen atoms in total. The Morgan fingerprint density at radius 1 is 1.19 bits per heavy atom. The molecule has 0 radical (unpaired) electrons. The van der Waals surface area contributed by atoms with E-state index in [-0.39, 0.29) is 12.1 Å². The van der Waals surface area contributed by atoms with Gasteiger partial charge in [0.1, 0.15) is 40.5 Å². The number of pyridine rings is 1. The Labute approximate surface area is 220 Å². The number of thioether (sulfide) groups is 1. The van der Waals surface area contributed by atoms with E-state index < -0.39 is 23.9 Å². The quantitative estimate of drug-likeness (QED) is 0.345. The lowest BCUT2D eigenvalue weighted by Gasteiger charge is -2.48. The van der Waals surface area contributed by atoms with Crippen molar-refractivity contribution in [3.63, 3.8) is 0 Å². The van der Waals surface area contributed by atoms with Crippen LogP contribution in [0.3, 0.4) is 0 Å². The van der Waals surface area contributed by atoms with Crippen LogP contribution in [0, 0.1) is 0 Å². The third-order valence-electron chi connectivity index (χ3n) is 6.05. The summed E-state index contributed by atoms with van der Waals surface area (Å²) < 4.78 is 27.0. The van der Waals surface area contributed by atoms with Gasteiger partial charge in [-0.1, -0.05) is 58.9 Å². The molecule has 4 aromatic rings. The molecule has 2 fully saturated rings. The van der Waals surface area contributed by atoms with Crippen molar-refractivity contribution in [2.75, 3.05) is 13.7 Å². The highest BCUT2D eigenvalue weighted by atomic mass is 35.5. The molecule has 0 spiro atoms. The van der Waals surface area contributed by atoms with Gasteiger partial charge in [-0.3, -0.25) is 4.98 Å². The van der Waals surface area contributed by atoms with Gasteiger partial charge < -0.3 is 18.9 Å². The molecule has 1 aromatic carbocycles. The lowest BCUT2D eigenvalue weighted by atomic mass is 9.96. The van der Waals surface area contributed by atoms with E-state index in [9.17, 15) is 0 Å². The highest BCUT2D eigenvalue weighted by Crippen LogP contribution is 2.44. The maximum atomic E-state index is 6.52. The lowest BCUT2D eigenvalue weighted by molar-refractivity contribution is -0.308. The molecule has 186 valence electrons. The van der Waals surface area contributed by atoms with Gasteiger partial charge >= 0.3 is 0 Å².